The standard InChI is InChI=1S/C12H24N2O2/c1-8(2)11(12(15)13-4)14-9(3)10-5-6-16-7-10/h8-11,14H,5-7H2,1-4H3,(H,13,15)/t9-,10-,11+/m0/s1. The monoisotopic (exact) mass is 228 g/mol. The van der Waals surface area contributed by atoms with E-state index < -0.39 is 0 Å². The molecule has 1 aliphatic heterocycles. The molecule has 0 unspecified atom stereocenters. The fraction of sp³-hybridized carbons (Fsp3) is 0.917. The van der Waals surface area contributed by atoms with Gasteiger partial charge in [-0.1, -0.05) is 13.8 Å². The molecule has 4 heteroatoms. The molecule has 1 fully saturated rings. The fourth-order valence-corrected chi connectivity index (χ4v) is 2.09. The van der Waals surface area contributed by atoms with Crippen LogP contribution in [0.15, 0.2) is 0 Å². The molecule has 16 heavy (non-hydrogen) atoms. The van der Waals surface area contributed by atoms with E-state index in [9.17, 15) is 4.79 Å². The average molecular weight is 228 g/mol. The molecule has 0 aromatic carbocycles. The van der Waals surface area contributed by atoms with Crippen molar-refractivity contribution in [3.8, 4) is 0 Å². The van der Waals surface area contributed by atoms with Crippen molar-refractivity contribution in [1.29, 1.82) is 0 Å². The number of carbonyl (C=O) groups is 1. The maximum Gasteiger partial charge on any atom is 0.237 e. The Labute approximate surface area is 98.1 Å². The van der Waals surface area contributed by atoms with Crippen molar-refractivity contribution in [3.05, 3.63) is 0 Å². The Kier molecular flexibility index (Phi) is 5.22. The van der Waals surface area contributed by atoms with Crippen molar-refractivity contribution >= 4 is 5.91 Å². The van der Waals surface area contributed by atoms with E-state index in [0.29, 0.717) is 17.9 Å². The van der Waals surface area contributed by atoms with Crippen LogP contribution in [0.1, 0.15) is 27.2 Å². The molecular weight excluding hydrogens is 204 g/mol. The molecule has 0 spiro atoms. The minimum absolute atomic E-state index is 0.0702. The van der Waals surface area contributed by atoms with E-state index in [2.05, 4.69) is 31.4 Å². The van der Waals surface area contributed by atoms with Gasteiger partial charge in [0.05, 0.1) is 12.6 Å². The van der Waals surface area contributed by atoms with Crippen LogP contribution < -0.4 is 10.6 Å². The van der Waals surface area contributed by atoms with Crippen LogP contribution in [0.25, 0.3) is 0 Å². The van der Waals surface area contributed by atoms with Crippen LogP contribution in [0, 0.1) is 11.8 Å². The first kappa shape index (κ1) is 13.5. The van der Waals surface area contributed by atoms with E-state index in [0.717, 1.165) is 19.6 Å². The lowest BCUT2D eigenvalue weighted by Crippen LogP contribution is -2.51. The van der Waals surface area contributed by atoms with Gasteiger partial charge in [0.2, 0.25) is 5.91 Å². The summed E-state index contributed by atoms with van der Waals surface area (Å²) in [4.78, 5) is 11.7. The maximum absolute atomic E-state index is 11.7. The van der Waals surface area contributed by atoms with Crippen molar-refractivity contribution in [2.75, 3.05) is 20.3 Å². The van der Waals surface area contributed by atoms with E-state index in [4.69, 9.17) is 4.74 Å². The van der Waals surface area contributed by atoms with E-state index in [1.54, 1.807) is 7.05 Å². The van der Waals surface area contributed by atoms with Crippen molar-refractivity contribution in [3.63, 3.8) is 0 Å². The topological polar surface area (TPSA) is 50.4 Å². The van der Waals surface area contributed by atoms with Gasteiger partial charge in [0.15, 0.2) is 0 Å². The molecule has 1 heterocycles. The molecule has 3 atom stereocenters. The number of amides is 1. The van der Waals surface area contributed by atoms with Crippen molar-refractivity contribution < 1.29 is 9.53 Å². The van der Waals surface area contributed by atoms with Crippen molar-refractivity contribution in [2.45, 2.75) is 39.3 Å². The lowest BCUT2D eigenvalue weighted by atomic mass is 9.96. The van der Waals surface area contributed by atoms with E-state index in [1.807, 2.05) is 0 Å². The fourth-order valence-electron chi connectivity index (χ4n) is 2.09. The molecule has 0 aliphatic carbocycles. The zero-order chi connectivity index (χ0) is 12.1. The van der Waals surface area contributed by atoms with Gasteiger partial charge in [0.25, 0.3) is 0 Å². The highest BCUT2D eigenvalue weighted by molar-refractivity contribution is 5.81. The highest BCUT2D eigenvalue weighted by Crippen LogP contribution is 2.17. The molecule has 1 amide bonds. The smallest absolute Gasteiger partial charge is 0.237 e. The molecule has 1 rings (SSSR count). The number of nitrogens with one attached hydrogen (secondary N) is 2. The van der Waals surface area contributed by atoms with Crippen LogP contribution in [-0.4, -0.2) is 38.3 Å². The highest BCUT2D eigenvalue weighted by Gasteiger charge is 2.28. The van der Waals surface area contributed by atoms with Gasteiger partial charge in [0.1, 0.15) is 0 Å². The lowest BCUT2D eigenvalue weighted by molar-refractivity contribution is -0.124. The van der Waals surface area contributed by atoms with Gasteiger partial charge in [0, 0.05) is 19.7 Å². The molecule has 1 aliphatic rings. The third-order valence-electron chi connectivity index (χ3n) is 3.31. The summed E-state index contributed by atoms with van der Waals surface area (Å²) in [5, 5.41) is 6.13. The van der Waals surface area contributed by atoms with E-state index >= 15 is 0 Å². The Balaban J connectivity index is 2.50. The second-order valence-electron chi connectivity index (χ2n) is 4.91. The average Bonchev–Trinajstić information content (AvgIpc) is 2.77. The molecule has 1 saturated heterocycles. The Morgan fingerprint density at radius 2 is 2.06 bits per heavy atom. The van der Waals surface area contributed by atoms with Crippen molar-refractivity contribution in [1.82, 2.24) is 10.6 Å². The Bertz CT molecular complexity index is 225. The summed E-state index contributed by atoms with van der Waals surface area (Å²) in [7, 11) is 1.68. The molecule has 4 nitrogen and oxygen atoms in total. The van der Waals surface area contributed by atoms with E-state index in [-0.39, 0.29) is 11.9 Å². The highest BCUT2D eigenvalue weighted by atomic mass is 16.5. The maximum atomic E-state index is 11.7. The van der Waals surface area contributed by atoms with Crippen LogP contribution >= 0.6 is 0 Å². The molecule has 0 saturated carbocycles. The Morgan fingerprint density at radius 3 is 2.50 bits per heavy atom. The minimum atomic E-state index is -0.111. The Morgan fingerprint density at radius 1 is 1.38 bits per heavy atom. The van der Waals surface area contributed by atoms with Gasteiger partial charge in [-0.15, -0.1) is 0 Å². The molecule has 0 aromatic rings. The third kappa shape index (κ3) is 3.46. The predicted octanol–water partition coefficient (Wildman–Crippen LogP) is 0.772. The van der Waals surface area contributed by atoms with Gasteiger partial charge in [-0.3, -0.25) is 4.79 Å². The Hall–Kier alpha value is -0.610. The SMILES string of the molecule is CNC(=O)[C@H](N[C@@H](C)[C@H]1CCOC1)C(C)C. The van der Waals surface area contributed by atoms with Crippen LogP contribution in [0.5, 0.6) is 0 Å². The summed E-state index contributed by atoms with van der Waals surface area (Å²) in [5.74, 6) is 0.899. The summed E-state index contributed by atoms with van der Waals surface area (Å²) in [6.07, 6.45) is 1.09. The largest absolute Gasteiger partial charge is 0.381 e. The van der Waals surface area contributed by atoms with Crippen molar-refractivity contribution in [2.24, 2.45) is 11.8 Å². The zero-order valence-electron chi connectivity index (χ0n) is 10.7. The quantitative estimate of drug-likeness (QED) is 0.731. The number of carbonyl (C=O) groups excluding carboxylic acids is 1. The third-order valence-corrected chi connectivity index (χ3v) is 3.31. The van der Waals surface area contributed by atoms with Gasteiger partial charge in [-0.25, -0.2) is 0 Å². The molecule has 0 aromatic heterocycles. The van der Waals surface area contributed by atoms with Crippen LogP contribution in [0.4, 0.5) is 0 Å². The lowest BCUT2D eigenvalue weighted by Gasteiger charge is -2.27. The molecule has 0 bridgehead atoms. The molecule has 94 valence electrons. The van der Waals surface area contributed by atoms with Crippen LogP contribution in [0.3, 0.4) is 0 Å². The van der Waals surface area contributed by atoms with Gasteiger partial charge >= 0.3 is 0 Å². The second-order valence-corrected chi connectivity index (χ2v) is 4.91. The summed E-state index contributed by atoms with van der Waals surface area (Å²) < 4.78 is 5.37. The van der Waals surface area contributed by atoms with E-state index in [1.165, 1.54) is 0 Å². The summed E-state index contributed by atoms with van der Waals surface area (Å²) in [6.45, 7) is 7.92. The first-order valence-electron chi connectivity index (χ1n) is 6.11. The number of hydrogen-bond donors (Lipinski definition) is 2. The molecule has 0 radical (unpaired) electrons. The van der Waals surface area contributed by atoms with Gasteiger partial charge in [-0.2, -0.15) is 0 Å². The molecular formula is C12H24N2O2. The summed E-state index contributed by atoms with van der Waals surface area (Å²) in [6, 6.07) is 0.216. The van der Waals surface area contributed by atoms with Gasteiger partial charge < -0.3 is 15.4 Å². The summed E-state index contributed by atoms with van der Waals surface area (Å²) in [5.41, 5.74) is 0. The normalized spacial score (nSPS) is 24.4. The van der Waals surface area contributed by atoms with Gasteiger partial charge in [-0.05, 0) is 25.2 Å². The number of likely N-dealkylation sites (N-methyl/N-ethyl adjacent to an activating group) is 1. The minimum Gasteiger partial charge on any atom is -0.381 e. The number of hydrogen-bond acceptors (Lipinski definition) is 3. The number of rotatable bonds is 5. The predicted molar refractivity (Wildman–Crippen MR) is 64.2 cm³/mol. The summed E-state index contributed by atoms with van der Waals surface area (Å²) >= 11 is 0. The number of ether oxygens (including phenoxy) is 1. The van der Waals surface area contributed by atoms with Crippen LogP contribution in [0.2, 0.25) is 0 Å². The van der Waals surface area contributed by atoms with Crippen LogP contribution in [-0.2, 0) is 9.53 Å². The second kappa shape index (κ2) is 6.21. The molecule has 2 N–H and O–H groups in total. The first-order chi connectivity index (χ1) is 7.56. The first-order valence-corrected chi connectivity index (χ1v) is 6.11. The zero-order valence-corrected chi connectivity index (χ0v) is 10.7.